The van der Waals surface area contributed by atoms with Crippen LogP contribution in [0, 0.1) is 0 Å². The number of ether oxygens (including phenoxy) is 1. The van der Waals surface area contributed by atoms with Gasteiger partial charge in [-0.15, -0.1) is 6.58 Å². The molecule has 0 aliphatic heterocycles. The fraction of sp³-hybridized carbons (Fsp3) is 0.467. The van der Waals surface area contributed by atoms with E-state index in [0.717, 1.165) is 18.7 Å². The molecule has 1 N–H and O–H groups in total. The molecule has 94 valence electrons. The van der Waals surface area contributed by atoms with E-state index in [1.807, 2.05) is 24.3 Å². The maximum absolute atomic E-state index is 5.77. The zero-order valence-electron chi connectivity index (χ0n) is 11.1. The average Bonchev–Trinajstić information content (AvgIpc) is 2.25. The first kappa shape index (κ1) is 13.8. The van der Waals surface area contributed by atoms with Crippen LogP contribution in [0.1, 0.15) is 26.3 Å². The Kier molecular flexibility index (Phi) is 5.23. The molecule has 0 bridgehead atoms. The molecule has 0 unspecified atom stereocenters. The Labute approximate surface area is 105 Å². The Morgan fingerprint density at radius 3 is 2.65 bits per heavy atom. The van der Waals surface area contributed by atoms with Crippen LogP contribution >= 0.6 is 0 Å². The lowest BCUT2D eigenvalue weighted by atomic mass is 10.1. The van der Waals surface area contributed by atoms with Crippen molar-refractivity contribution >= 4 is 0 Å². The van der Waals surface area contributed by atoms with E-state index in [2.05, 4.69) is 38.7 Å². The van der Waals surface area contributed by atoms with Crippen LogP contribution in [0.25, 0.3) is 0 Å². The molecular formula is C15H23NO. The third-order valence-corrected chi connectivity index (χ3v) is 2.35. The second-order valence-electron chi connectivity index (χ2n) is 5.13. The van der Waals surface area contributed by atoms with Crippen molar-refractivity contribution in [3.63, 3.8) is 0 Å². The topological polar surface area (TPSA) is 21.3 Å². The third kappa shape index (κ3) is 5.55. The van der Waals surface area contributed by atoms with E-state index in [1.54, 1.807) is 0 Å². The van der Waals surface area contributed by atoms with Crippen molar-refractivity contribution in [3.8, 4) is 5.75 Å². The van der Waals surface area contributed by atoms with Crippen LogP contribution in [-0.2, 0) is 6.42 Å². The van der Waals surface area contributed by atoms with Crippen LogP contribution in [0.4, 0.5) is 0 Å². The summed E-state index contributed by atoms with van der Waals surface area (Å²) in [6, 6.07) is 8.11. The highest BCUT2D eigenvalue weighted by Gasteiger charge is 2.08. The fourth-order valence-electron chi connectivity index (χ4n) is 1.56. The van der Waals surface area contributed by atoms with Gasteiger partial charge in [0.2, 0.25) is 0 Å². The summed E-state index contributed by atoms with van der Waals surface area (Å²) in [5.74, 6) is 0.961. The second-order valence-corrected chi connectivity index (χ2v) is 5.13. The highest BCUT2D eigenvalue weighted by Crippen LogP contribution is 2.18. The van der Waals surface area contributed by atoms with Crippen molar-refractivity contribution in [2.45, 2.75) is 32.7 Å². The summed E-state index contributed by atoms with van der Waals surface area (Å²) in [4.78, 5) is 0. The number of para-hydroxylation sites is 1. The van der Waals surface area contributed by atoms with Gasteiger partial charge in [0.15, 0.2) is 0 Å². The fourth-order valence-corrected chi connectivity index (χ4v) is 1.56. The van der Waals surface area contributed by atoms with Crippen LogP contribution in [0.15, 0.2) is 36.9 Å². The number of hydrogen-bond acceptors (Lipinski definition) is 2. The molecule has 2 heteroatoms. The summed E-state index contributed by atoms with van der Waals surface area (Å²) in [5, 5.41) is 3.40. The van der Waals surface area contributed by atoms with Gasteiger partial charge in [-0.25, -0.2) is 0 Å². The van der Waals surface area contributed by atoms with E-state index in [4.69, 9.17) is 4.74 Å². The zero-order chi connectivity index (χ0) is 12.7. The lowest BCUT2D eigenvalue weighted by Crippen LogP contribution is -2.38. The molecule has 1 aromatic rings. The molecule has 0 fully saturated rings. The summed E-state index contributed by atoms with van der Waals surface area (Å²) in [5.41, 5.74) is 1.34. The predicted octanol–water partition coefficient (Wildman–Crippen LogP) is 3.18. The van der Waals surface area contributed by atoms with Gasteiger partial charge < -0.3 is 10.1 Å². The number of allylic oxidation sites excluding steroid dienone is 1. The molecule has 0 aliphatic rings. The Bertz CT molecular complexity index is 352. The molecule has 0 aliphatic carbocycles. The van der Waals surface area contributed by atoms with Crippen LogP contribution < -0.4 is 10.1 Å². The Morgan fingerprint density at radius 1 is 1.29 bits per heavy atom. The van der Waals surface area contributed by atoms with Gasteiger partial charge in [-0.3, -0.25) is 0 Å². The minimum atomic E-state index is 0.143. The molecule has 0 aromatic heterocycles. The molecule has 0 atom stereocenters. The highest BCUT2D eigenvalue weighted by molar-refractivity contribution is 5.34. The molecule has 0 spiro atoms. The number of rotatable bonds is 6. The first-order valence-electron chi connectivity index (χ1n) is 6.09. The van der Waals surface area contributed by atoms with Gasteiger partial charge in [0.05, 0.1) is 0 Å². The number of benzene rings is 1. The van der Waals surface area contributed by atoms with Crippen molar-refractivity contribution in [2.75, 3.05) is 13.2 Å². The maximum Gasteiger partial charge on any atom is 0.122 e. The van der Waals surface area contributed by atoms with E-state index >= 15 is 0 Å². The molecule has 0 radical (unpaired) electrons. The van der Waals surface area contributed by atoms with Gasteiger partial charge in [-0.1, -0.05) is 24.3 Å². The van der Waals surface area contributed by atoms with Crippen molar-refractivity contribution in [2.24, 2.45) is 0 Å². The van der Waals surface area contributed by atoms with Crippen LogP contribution in [-0.4, -0.2) is 18.7 Å². The predicted molar refractivity (Wildman–Crippen MR) is 73.6 cm³/mol. The van der Waals surface area contributed by atoms with Crippen molar-refractivity contribution < 1.29 is 4.74 Å². The summed E-state index contributed by atoms with van der Waals surface area (Å²) in [6.07, 6.45) is 2.75. The molecular weight excluding hydrogens is 210 g/mol. The monoisotopic (exact) mass is 233 g/mol. The van der Waals surface area contributed by atoms with Gasteiger partial charge in [0.1, 0.15) is 12.4 Å². The second kappa shape index (κ2) is 6.45. The lowest BCUT2D eigenvalue weighted by Gasteiger charge is -2.20. The highest BCUT2D eigenvalue weighted by atomic mass is 16.5. The first-order valence-corrected chi connectivity index (χ1v) is 6.09. The minimum Gasteiger partial charge on any atom is -0.492 e. The molecule has 1 rings (SSSR count). The molecule has 17 heavy (non-hydrogen) atoms. The Balaban J connectivity index is 2.43. The molecule has 0 saturated carbocycles. The molecule has 1 aromatic carbocycles. The SMILES string of the molecule is C=CCc1ccccc1OCCNC(C)(C)C. The number of hydrogen-bond donors (Lipinski definition) is 1. The van der Waals surface area contributed by atoms with Gasteiger partial charge in [-0.05, 0) is 38.8 Å². The van der Waals surface area contributed by atoms with E-state index in [9.17, 15) is 0 Å². The summed E-state index contributed by atoms with van der Waals surface area (Å²) in [6.45, 7) is 11.8. The van der Waals surface area contributed by atoms with E-state index < -0.39 is 0 Å². The molecule has 2 nitrogen and oxygen atoms in total. The summed E-state index contributed by atoms with van der Waals surface area (Å²) >= 11 is 0. The Morgan fingerprint density at radius 2 is 2.00 bits per heavy atom. The normalized spacial score (nSPS) is 11.2. The van der Waals surface area contributed by atoms with Gasteiger partial charge in [0.25, 0.3) is 0 Å². The van der Waals surface area contributed by atoms with Crippen LogP contribution in [0.3, 0.4) is 0 Å². The summed E-state index contributed by atoms with van der Waals surface area (Å²) in [7, 11) is 0. The smallest absolute Gasteiger partial charge is 0.122 e. The molecule has 0 amide bonds. The largest absolute Gasteiger partial charge is 0.492 e. The zero-order valence-corrected chi connectivity index (χ0v) is 11.1. The maximum atomic E-state index is 5.77. The molecule has 0 heterocycles. The van der Waals surface area contributed by atoms with E-state index in [1.165, 1.54) is 5.56 Å². The van der Waals surface area contributed by atoms with Crippen molar-refractivity contribution in [1.82, 2.24) is 5.32 Å². The Hall–Kier alpha value is -1.28. The van der Waals surface area contributed by atoms with E-state index in [0.29, 0.717) is 6.61 Å². The van der Waals surface area contributed by atoms with Crippen LogP contribution in [0.2, 0.25) is 0 Å². The quantitative estimate of drug-likeness (QED) is 0.602. The van der Waals surface area contributed by atoms with Crippen molar-refractivity contribution in [1.29, 1.82) is 0 Å². The average molecular weight is 233 g/mol. The summed E-state index contributed by atoms with van der Waals surface area (Å²) < 4.78 is 5.77. The third-order valence-electron chi connectivity index (χ3n) is 2.35. The van der Waals surface area contributed by atoms with Crippen molar-refractivity contribution in [3.05, 3.63) is 42.5 Å². The first-order chi connectivity index (χ1) is 8.03. The van der Waals surface area contributed by atoms with Crippen LogP contribution in [0.5, 0.6) is 5.75 Å². The van der Waals surface area contributed by atoms with E-state index in [-0.39, 0.29) is 5.54 Å². The lowest BCUT2D eigenvalue weighted by molar-refractivity contribution is 0.289. The number of nitrogens with one attached hydrogen (secondary N) is 1. The van der Waals surface area contributed by atoms with Gasteiger partial charge in [0, 0.05) is 12.1 Å². The molecule has 0 saturated heterocycles. The minimum absolute atomic E-state index is 0.143. The van der Waals surface area contributed by atoms with Gasteiger partial charge >= 0.3 is 0 Å². The standard InChI is InChI=1S/C15H23NO/c1-5-8-13-9-6-7-10-14(13)17-12-11-16-15(2,3)4/h5-7,9-10,16H,1,8,11-12H2,2-4H3. The van der Waals surface area contributed by atoms with Gasteiger partial charge in [-0.2, -0.15) is 0 Å².